The molecule has 0 aliphatic heterocycles. The second-order valence-corrected chi connectivity index (χ2v) is 4.49. The van der Waals surface area contributed by atoms with Crippen LogP contribution < -0.4 is 11.3 Å². The third-order valence-electron chi connectivity index (χ3n) is 2.38. The van der Waals surface area contributed by atoms with E-state index >= 15 is 0 Å². The molecule has 94 valence electrons. The second-order valence-electron chi connectivity index (χ2n) is 3.58. The fourth-order valence-electron chi connectivity index (χ4n) is 1.56. The molecule has 0 saturated carbocycles. The summed E-state index contributed by atoms with van der Waals surface area (Å²) in [6.07, 6.45) is 2.52. The van der Waals surface area contributed by atoms with Gasteiger partial charge in [0.2, 0.25) is 0 Å². The Hall–Kier alpha value is -1.14. The van der Waals surface area contributed by atoms with E-state index in [1.165, 1.54) is 0 Å². The second kappa shape index (κ2) is 6.56. The number of aromatic nitrogens is 1. The van der Waals surface area contributed by atoms with Gasteiger partial charge in [-0.25, -0.2) is 10.8 Å². The fraction of sp³-hybridized carbons (Fsp3) is 0.455. The predicted octanol–water partition coefficient (Wildman–Crippen LogP) is 2.00. The van der Waals surface area contributed by atoms with E-state index in [9.17, 15) is 4.79 Å². The zero-order valence-corrected chi connectivity index (χ0v) is 11.6. The number of nitrogens with zero attached hydrogens (tertiary/aromatic N) is 2. The number of hydrazine groups is 1. The van der Waals surface area contributed by atoms with Gasteiger partial charge < -0.3 is 10.3 Å². The SMILES string of the molecule is CCCN(CC)C(=O)c1cc(Br)cnc1NN. The standard InChI is InChI=1S/C11H17BrN4O/c1-3-5-16(4-2)11(17)9-6-8(12)7-14-10(9)15-13/h6-7H,3-5,13H2,1-2H3,(H,14,15). The molecule has 6 heteroatoms. The zero-order valence-electron chi connectivity index (χ0n) is 10.0. The highest BCUT2D eigenvalue weighted by Crippen LogP contribution is 2.19. The molecule has 0 aliphatic rings. The smallest absolute Gasteiger partial charge is 0.257 e. The van der Waals surface area contributed by atoms with Crippen molar-refractivity contribution < 1.29 is 4.79 Å². The lowest BCUT2D eigenvalue weighted by Gasteiger charge is -2.21. The van der Waals surface area contributed by atoms with Crippen molar-refractivity contribution in [2.75, 3.05) is 18.5 Å². The van der Waals surface area contributed by atoms with Gasteiger partial charge in [-0.1, -0.05) is 6.92 Å². The molecule has 5 nitrogen and oxygen atoms in total. The largest absolute Gasteiger partial charge is 0.339 e. The molecule has 1 aromatic heterocycles. The number of carbonyl (C=O) groups excluding carboxylic acids is 1. The molecule has 1 amide bonds. The van der Waals surface area contributed by atoms with Gasteiger partial charge in [0.25, 0.3) is 5.91 Å². The van der Waals surface area contributed by atoms with Gasteiger partial charge in [-0.2, -0.15) is 0 Å². The molecular weight excluding hydrogens is 284 g/mol. The van der Waals surface area contributed by atoms with Crippen LogP contribution in [0.15, 0.2) is 16.7 Å². The van der Waals surface area contributed by atoms with Crippen molar-refractivity contribution in [3.63, 3.8) is 0 Å². The quantitative estimate of drug-likeness (QED) is 0.644. The molecule has 0 bridgehead atoms. The molecule has 3 N–H and O–H groups in total. The molecule has 1 heterocycles. The van der Waals surface area contributed by atoms with Crippen LogP contribution in [0.2, 0.25) is 0 Å². The van der Waals surface area contributed by atoms with Crippen molar-refractivity contribution in [3.05, 3.63) is 22.3 Å². The summed E-state index contributed by atoms with van der Waals surface area (Å²) in [6.45, 7) is 5.39. The molecular formula is C11H17BrN4O. The Balaban J connectivity index is 3.04. The highest BCUT2D eigenvalue weighted by Gasteiger charge is 2.18. The van der Waals surface area contributed by atoms with Crippen LogP contribution in [-0.4, -0.2) is 28.9 Å². The van der Waals surface area contributed by atoms with Crippen LogP contribution in [0.4, 0.5) is 5.82 Å². The summed E-state index contributed by atoms with van der Waals surface area (Å²) in [4.78, 5) is 18.1. The summed E-state index contributed by atoms with van der Waals surface area (Å²) in [7, 11) is 0. The van der Waals surface area contributed by atoms with Gasteiger partial charge in [-0.15, -0.1) is 0 Å². The molecule has 0 saturated heterocycles. The van der Waals surface area contributed by atoms with E-state index in [1.54, 1.807) is 17.2 Å². The highest BCUT2D eigenvalue weighted by atomic mass is 79.9. The van der Waals surface area contributed by atoms with Crippen molar-refractivity contribution in [3.8, 4) is 0 Å². The summed E-state index contributed by atoms with van der Waals surface area (Å²) in [5.74, 6) is 5.69. The van der Waals surface area contributed by atoms with Crippen LogP contribution in [0.25, 0.3) is 0 Å². The Morgan fingerprint density at radius 2 is 2.29 bits per heavy atom. The van der Waals surface area contributed by atoms with Crippen LogP contribution in [0, 0.1) is 0 Å². The van der Waals surface area contributed by atoms with E-state index in [-0.39, 0.29) is 5.91 Å². The van der Waals surface area contributed by atoms with Crippen LogP contribution in [-0.2, 0) is 0 Å². The van der Waals surface area contributed by atoms with Crippen molar-refractivity contribution in [1.29, 1.82) is 0 Å². The van der Waals surface area contributed by atoms with Crippen LogP contribution >= 0.6 is 15.9 Å². The molecule has 0 atom stereocenters. The first-order valence-corrected chi connectivity index (χ1v) is 6.34. The predicted molar refractivity (Wildman–Crippen MR) is 71.6 cm³/mol. The molecule has 0 aliphatic carbocycles. The average molecular weight is 301 g/mol. The molecule has 0 unspecified atom stereocenters. The minimum Gasteiger partial charge on any atom is -0.339 e. The number of rotatable bonds is 5. The fourth-order valence-corrected chi connectivity index (χ4v) is 1.89. The average Bonchev–Trinajstić information content (AvgIpc) is 2.35. The Morgan fingerprint density at radius 3 is 2.82 bits per heavy atom. The van der Waals surface area contributed by atoms with E-state index in [4.69, 9.17) is 5.84 Å². The molecule has 0 aromatic carbocycles. The lowest BCUT2D eigenvalue weighted by molar-refractivity contribution is 0.0765. The van der Waals surface area contributed by atoms with Gasteiger partial charge in [-0.05, 0) is 35.3 Å². The number of anilines is 1. The highest BCUT2D eigenvalue weighted by molar-refractivity contribution is 9.10. The monoisotopic (exact) mass is 300 g/mol. The van der Waals surface area contributed by atoms with Crippen molar-refractivity contribution >= 4 is 27.7 Å². The van der Waals surface area contributed by atoms with Crippen molar-refractivity contribution in [2.24, 2.45) is 5.84 Å². The number of nitrogen functional groups attached to an aromatic ring is 1. The molecule has 17 heavy (non-hydrogen) atoms. The summed E-state index contributed by atoms with van der Waals surface area (Å²) in [5, 5.41) is 0. The van der Waals surface area contributed by atoms with Gasteiger partial charge in [0.1, 0.15) is 0 Å². The van der Waals surface area contributed by atoms with Gasteiger partial charge in [0.15, 0.2) is 5.82 Å². The van der Waals surface area contributed by atoms with Crippen molar-refractivity contribution in [1.82, 2.24) is 9.88 Å². The first-order chi connectivity index (χ1) is 8.13. The number of carbonyl (C=O) groups is 1. The van der Waals surface area contributed by atoms with E-state index in [1.807, 2.05) is 13.8 Å². The zero-order chi connectivity index (χ0) is 12.8. The molecule has 0 radical (unpaired) electrons. The summed E-state index contributed by atoms with van der Waals surface area (Å²) >= 11 is 3.30. The van der Waals surface area contributed by atoms with E-state index in [0.29, 0.717) is 17.9 Å². The van der Waals surface area contributed by atoms with Crippen molar-refractivity contribution in [2.45, 2.75) is 20.3 Å². The molecule has 1 rings (SSSR count). The Labute approximate surface area is 109 Å². The normalized spacial score (nSPS) is 10.1. The number of pyridine rings is 1. The van der Waals surface area contributed by atoms with Crippen LogP contribution in [0.1, 0.15) is 30.6 Å². The lowest BCUT2D eigenvalue weighted by atomic mass is 10.2. The van der Waals surface area contributed by atoms with E-state index in [0.717, 1.165) is 17.4 Å². The number of halogens is 1. The number of hydrogen-bond donors (Lipinski definition) is 2. The maximum Gasteiger partial charge on any atom is 0.257 e. The Bertz CT molecular complexity index is 397. The minimum absolute atomic E-state index is 0.0592. The van der Waals surface area contributed by atoms with Crippen LogP contribution in [0.3, 0.4) is 0 Å². The Morgan fingerprint density at radius 1 is 1.59 bits per heavy atom. The summed E-state index contributed by atoms with van der Waals surface area (Å²) in [6, 6.07) is 1.73. The first kappa shape index (κ1) is 13.9. The number of nitrogens with two attached hydrogens (primary N) is 1. The van der Waals surface area contributed by atoms with Gasteiger partial charge in [-0.3, -0.25) is 4.79 Å². The number of amides is 1. The summed E-state index contributed by atoms with van der Waals surface area (Å²) in [5.41, 5.74) is 2.93. The molecule has 0 fully saturated rings. The number of nitrogens with one attached hydrogen (secondary N) is 1. The Kier molecular flexibility index (Phi) is 5.37. The van der Waals surface area contributed by atoms with Crippen LogP contribution in [0.5, 0.6) is 0 Å². The van der Waals surface area contributed by atoms with Gasteiger partial charge >= 0.3 is 0 Å². The number of hydrogen-bond acceptors (Lipinski definition) is 4. The third-order valence-corrected chi connectivity index (χ3v) is 2.82. The summed E-state index contributed by atoms with van der Waals surface area (Å²) < 4.78 is 0.757. The minimum atomic E-state index is -0.0592. The lowest BCUT2D eigenvalue weighted by Crippen LogP contribution is -2.32. The first-order valence-electron chi connectivity index (χ1n) is 5.55. The van der Waals surface area contributed by atoms with E-state index in [2.05, 4.69) is 26.3 Å². The maximum absolute atomic E-state index is 12.3. The topological polar surface area (TPSA) is 71.2 Å². The third kappa shape index (κ3) is 3.41. The van der Waals surface area contributed by atoms with Gasteiger partial charge in [0, 0.05) is 23.8 Å². The van der Waals surface area contributed by atoms with Gasteiger partial charge in [0.05, 0.1) is 5.56 Å². The molecule has 0 spiro atoms. The maximum atomic E-state index is 12.3. The molecule has 1 aromatic rings. The van der Waals surface area contributed by atoms with E-state index < -0.39 is 0 Å².